The van der Waals surface area contributed by atoms with E-state index >= 15 is 0 Å². The number of carbonyl (C=O) groups excluding carboxylic acids is 2. The number of esters is 1. The molecule has 2 aromatic carbocycles. The van der Waals surface area contributed by atoms with Crippen LogP contribution < -0.4 is 4.90 Å². The Morgan fingerprint density at radius 2 is 2.04 bits per heavy atom. The van der Waals surface area contributed by atoms with Crippen LogP contribution in [0.4, 0.5) is 11.4 Å². The zero-order valence-electron chi connectivity index (χ0n) is 13.6. The highest BCUT2D eigenvalue weighted by atomic mass is 79.9. The van der Waals surface area contributed by atoms with Crippen LogP contribution in [0.3, 0.4) is 0 Å². The van der Waals surface area contributed by atoms with Gasteiger partial charge >= 0.3 is 5.97 Å². The van der Waals surface area contributed by atoms with Gasteiger partial charge in [0.25, 0.3) is 5.69 Å². The van der Waals surface area contributed by atoms with E-state index in [4.69, 9.17) is 4.74 Å². The van der Waals surface area contributed by atoms with E-state index in [-0.39, 0.29) is 31.2 Å². The Bertz CT molecular complexity index is 870. The van der Waals surface area contributed by atoms with Gasteiger partial charge in [-0.25, -0.2) is 0 Å². The molecule has 2 aromatic rings. The highest BCUT2D eigenvalue weighted by Crippen LogP contribution is 2.31. The number of amides is 1. The molecular formula is C18H15BrN2O5. The third-order valence-corrected chi connectivity index (χ3v) is 4.77. The summed E-state index contributed by atoms with van der Waals surface area (Å²) in [6, 6.07) is 13.2. The molecule has 1 fully saturated rings. The van der Waals surface area contributed by atoms with Gasteiger partial charge in [0.05, 0.1) is 16.5 Å². The Hall–Kier alpha value is -2.74. The molecular weight excluding hydrogens is 404 g/mol. The van der Waals surface area contributed by atoms with E-state index in [0.717, 1.165) is 4.47 Å². The molecule has 0 N–H and O–H groups in total. The van der Waals surface area contributed by atoms with Crippen LogP contribution in [0.1, 0.15) is 12.0 Å². The quantitative estimate of drug-likeness (QED) is 0.421. The molecule has 0 bridgehead atoms. The van der Waals surface area contributed by atoms with Gasteiger partial charge in [-0.3, -0.25) is 19.7 Å². The lowest BCUT2D eigenvalue weighted by Gasteiger charge is -2.18. The molecule has 1 amide bonds. The van der Waals surface area contributed by atoms with Crippen LogP contribution in [-0.2, 0) is 20.9 Å². The highest BCUT2D eigenvalue weighted by Gasteiger charge is 2.36. The maximum absolute atomic E-state index is 12.3. The third kappa shape index (κ3) is 3.91. The number of hydrogen-bond donors (Lipinski definition) is 0. The molecule has 1 unspecified atom stereocenters. The van der Waals surface area contributed by atoms with Gasteiger partial charge in [0.1, 0.15) is 6.61 Å². The average molecular weight is 419 g/mol. The smallest absolute Gasteiger partial charge is 0.311 e. The summed E-state index contributed by atoms with van der Waals surface area (Å²) in [5, 5.41) is 10.8. The Kier molecular flexibility index (Phi) is 5.32. The fourth-order valence-corrected chi connectivity index (χ4v) is 3.30. The van der Waals surface area contributed by atoms with Gasteiger partial charge in [-0.05, 0) is 33.6 Å². The third-order valence-electron chi connectivity index (χ3n) is 4.10. The number of halogens is 1. The number of carbonyl (C=O) groups is 2. The first-order valence-electron chi connectivity index (χ1n) is 7.90. The van der Waals surface area contributed by atoms with Gasteiger partial charge in [-0.1, -0.05) is 24.3 Å². The fraction of sp³-hybridized carbons (Fsp3) is 0.222. The molecule has 1 atom stereocenters. The van der Waals surface area contributed by atoms with E-state index in [0.29, 0.717) is 11.3 Å². The molecule has 1 saturated heterocycles. The minimum absolute atomic E-state index is 0.0605. The first-order chi connectivity index (χ1) is 12.5. The van der Waals surface area contributed by atoms with Crippen molar-refractivity contribution in [3.63, 3.8) is 0 Å². The number of anilines is 1. The van der Waals surface area contributed by atoms with E-state index < -0.39 is 16.8 Å². The normalized spacial score (nSPS) is 16.6. The molecule has 0 spiro atoms. The van der Waals surface area contributed by atoms with E-state index in [1.165, 1.54) is 18.2 Å². The van der Waals surface area contributed by atoms with Crippen LogP contribution in [-0.4, -0.2) is 23.3 Å². The number of ether oxygens (including phenoxy) is 1. The Labute approximate surface area is 157 Å². The van der Waals surface area contributed by atoms with Crippen LogP contribution in [0.2, 0.25) is 0 Å². The average Bonchev–Trinajstić information content (AvgIpc) is 3.02. The number of nitro benzene ring substituents is 1. The lowest BCUT2D eigenvalue weighted by Crippen LogP contribution is -2.26. The van der Waals surface area contributed by atoms with Gasteiger partial charge in [-0.15, -0.1) is 0 Å². The summed E-state index contributed by atoms with van der Waals surface area (Å²) in [7, 11) is 0. The van der Waals surface area contributed by atoms with Crippen molar-refractivity contribution in [2.45, 2.75) is 13.0 Å². The van der Waals surface area contributed by atoms with Crippen molar-refractivity contribution in [3.8, 4) is 0 Å². The molecule has 1 heterocycles. The number of nitro groups is 1. The molecule has 7 nitrogen and oxygen atoms in total. The van der Waals surface area contributed by atoms with Gasteiger partial charge in [0.2, 0.25) is 5.91 Å². The number of benzene rings is 2. The topological polar surface area (TPSA) is 89.7 Å². The number of para-hydroxylation sites is 1. The summed E-state index contributed by atoms with van der Waals surface area (Å²) in [6.45, 7) is 0.176. The first kappa shape index (κ1) is 18.1. The van der Waals surface area contributed by atoms with Crippen LogP contribution in [0.25, 0.3) is 0 Å². The fourth-order valence-electron chi connectivity index (χ4n) is 2.80. The molecule has 26 heavy (non-hydrogen) atoms. The summed E-state index contributed by atoms with van der Waals surface area (Å²) in [6.07, 6.45) is 0.0785. The standard InChI is InChI=1S/C18H15BrN2O5/c19-15-6-1-2-7-16(15)20-10-13(9-17(20)22)18(23)26-11-12-4-3-5-14(8-12)21(24)25/h1-8,13H,9-11H2. The second kappa shape index (κ2) is 7.65. The number of nitrogens with zero attached hydrogens (tertiary/aromatic N) is 2. The second-order valence-electron chi connectivity index (χ2n) is 5.89. The van der Waals surface area contributed by atoms with E-state index in [1.807, 2.05) is 18.2 Å². The lowest BCUT2D eigenvalue weighted by molar-refractivity contribution is -0.384. The summed E-state index contributed by atoms with van der Waals surface area (Å²) < 4.78 is 6.03. The van der Waals surface area contributed by atoms with Crippen molar-refractivity contribution in [3.05, 3.63) is 68.7 Å². The molecule has 1 aliphatic rings. The minimum atomic E-state index is -0.562. The number of rotatable bonds is 5. The Morgan fingerprint density at radius 3 is 2.77 bits per heavy atom. The molecule has 0 saturated carbocycles. The van der Waals surface area contributed by atoms with Crippen molar-refractivity contribution in [1.29, 1.82) is 0 Å². The monoisotopic (exact) mass is 418 g/mol. The summed E-state index contributed by atoms with van der Waals surface area (Å²) in [5.74, 6) is -1.19. The molecule has 0 aromatic heterocycles. The van der Waals surface area contributed by atoms with Crippen LogP contribution in [0.15, 0.2) is 53.0 Å². The predicted molar refractivity (Wildman–Crippen MR) is 97.5 cm³/mol. The summed E-state index contributed by atoms with van der Waals surface area (Å²) >= 11 is 3.41. The van der Waals surface area contributed by atoms with Crippen molar-refractivity contribution in [2.24, 2.45) is 5.92 Å². The second-order valence-corrected chi connectivity index (χ2v) is 6.75. The van der Waals surface area contributed by atoms with Gasteiger partial charge in [0, 0.05) is 29.6 Å². The zero-order valence-corrected chi connectivity index (χ0v) is 15.2. The van der Waals surface area contributed by atoms with E-state index in [9.17, 15) is 19.7 Å². The number of hydrogen-bond acceptors (Lipinski definition) is 5. The van der Waals surface area contributed by atoms with E-state index in [2.05, 4.69) is 15.9 Å². The van der Waals surface area contributed by atoms with Crippen molar-refractivity contribution < 1.29 is 19.2 Å². The Morgan fingerprint density at radius 1 is 1.27 bits per heavy atom. The summed E-state index contributed by atoms with van der Waals surface area (Å²) in [5.41, 5.74) is 1.18. The van der Waals surface area contributed by atoms with Gasteiger partial charge < -0.3 is 9.64 Å². The van der Waals surface area contributed by atoms with Crippen LogP contribution in [0.5, 0.6) is 0 Å². The zero-order chi connectivity index (χ0) is 18.7. The molecule has 0 radical (unpaired) electrons. The SMILES string of the molecule is O=C(OCc1cccc([N+](=O)[O-])c1)C1CC(=O)N(c2ccccc2Br)C1. The van der Waals surface area contributed by atoms with Crippen molar-refractivity contribution in [1.82, 2.24) is 0 Å². The van der Waals surface area contributed by atoms with Crippen molar-refractivity contribution >= 4 is 39.2 Å². The maximum atomic E-state index is 12.3. The first-order valence-corrected chi connectivity index (χ1v) is 8.70. The molecule has 8 heteroatoms. The van der Waals surface area contributed by atoms with E-state index in [1.54, 1.807) is 17.0 Å². The van der Waals surface area contributed by atoms with Crippen LogP contribution in [0, 0.1) is 16.0 Å². The molecule has 0 aliphatic carbocycles. The van der Waals surface area contributed by atoms with Gasteiger partial charge in [-0.2, -0.15) is 0 Å². The lowest BCUT2D eigenvalue weighted by atomic mass is 10.1. The maximum Gasteiger partial charge on any atom is 0.311 e. The molecule has 134 valence electrons. The minimum Gasteiger partial charge on any atom is -0.461 e. The molecule has 3 rings (SSSR count). The van der Waals surface area contributed by atoms with Gasteiger partial charge in [0.15, 0.2) is 0 Å². The van der Waals surface area contributed by atoms with Crippen molar-refractivity contribution in [2.75, 3.05) is 11.4 Å². The number of non-ortho nitro benzene ring substituents is 1. The largest absolute Gasteiger partial charge is 0.461 e. The predicted octanol–water partition coefficient (Wildman–Crippen LogP) is 3.45. The molecule has 1 aliphatic heterocycles. The van der Waals surface area contributed by atoms with Crippen LogP contribution >= 0.6 is 15.9 Å². The highest BCUT2D eigenvalue weighted by molar-refractivity contribution is 9.10. The Balaban J connectivity index is 1.63. The summed E-state index contributed by atoms with van der Waals surface area (Å²) in [4.78, 5) is 36.4.